The second-order valence-corrected chi connectivity index (χ2v) is 17.3. The van der Waals surface area contributed by atoms with E-state index < -0.39 is 15.6 Å². The highest BCUT2D eigenvalue weighted by molar-refractivity contribution is 7.86. The summed E-state index contributed by atoms with van der Waals surface area (Å²) in [4.78, 5) is 14.8. The van der Waals surface area contributed by atoms with E-state index in [0.29, 0.717) is 0 Å². The molecule has 0 aromatic heterocycles. The first kappa shape index (κ1) is 50.8. The number of piperazine rings is 3. The molecule has 0 bridgehead atoms. The van der Waals surface area contributed by atoms with Gasteiger partial charge in [0.05, 0.1) is 6.61 Å². The van der Waals surface area contributed by atoms with E-state index in [2.05, 4.69) is 82.2 Å². The van der Waals surface area contributed by atoms with Crippen molar-refractivity contribution in [2.45, 2.75) is 46.5 Å². The van der Waals surface area contributed by atoms with Crippen molar-refractivity contribution >= 4 is 62.0 Å². The maximum atomic E-state index is 10.7. The Morgan fingerprint density at radius 3 is 1.17 bits per heavy atom. The predicted octanol–water partition coefficient (Wildman–Crippen LogP) is 8.78. The van der Waals surface area contributed by atoms with Gasteiger partial charge in [0.2, 0.25) is 0 Å². The van der Waals surface area contributed by atoms with Crippen LogP contribution in [-0.2, 0) is 14.9 Å². The molecule has 0 amide bonds. The summed E-state index contributed by atoms with van der Waals surface area (Å²) in [6.45, 7) is 28.4. The molecule has 3 aromatic rings. The van der Waals surface area contributed by atoms with Gasteiger partial charge in [0, 0.05) is 124 Å². The molecule has 59 heavy (non-hydrogen) atoms. The number of methoxy groups -OCH3 is 1. The molecule has 0 saturated carbocycles. The topological polar surface area (TPSA) is 83.0 Å². The normalized spacial score (nSPS) is 17.0. The van der Waals surface area contributed by atoms with Crippen LogP contribution in [0.5, 0.6) is 0 Å². The van der Waals surface area contributed by atoms with E-state index in [1.54, 1.807) is 7.11 Å². The second-order valence-electron chi connectivity index (χ2n) is 14.6. The number of halogens is 6. The second kappa shape index (κ2) is 24.8. The van der Waals surface area contributed by atoms with Crippen LogP contribution in [0.4, 0.5) is 30.2 Å². The van der Waals surface area contributed by atoms with Crippen molar-refractivity contribution in [1.29, 1.82) is 0 Å². The maximum Gasteiger partial charge on any atom is 0.522 e. The highest BCUT2D eigenvalue weighted by Crippen LogP contribution is 2.29. The first-order valence-electron chi connectivity index (χ1n) is 20.1. The highest BCUT2D eigenvalue weighted by atomic mass is 35.5. The Hall–Kier alpha value is -2.53. The third-order valence-electron chi connectivity index (χ3n) is 10.7. The number of benzene rings is 3. The minimum Gasteiger partial charge on any atom is -0.383 e. The van der Waals surface area contributed by atoms with Crippen molar-refractivity contribution in [3.63, 3.8) is 0 Å². The molecule has 3 aliphatic heterocycles. The molecule has 6 rings (SSSR count). The average Bonchev–Trinajstić information content (AvgIpc) is 3.21. The van der Waals surface area contributed by atoms with Gasteiger partial charge in [-0.2, -0.15) is 21.6 Å². The number of ether oxygens (including phenoxy) is 1. The minimum atomic E-state index is -5.84. The van der Waals surface area contributed by atoms with E-state index in [1.165, 1.54) is 59.8 Å². The summed E-state index contributed by atoms with van der Waals surface area (Å²) in [5.41, 5.74) is 1.93. The van der Waals surface area contributed by atoms with E-state index in [1.807, 2.05) is 36.4 Å². The lowest BCUT2D eigenvalue weighted by Gasteiger charge is -2.36. The van der Waals surface area contributed by atoms with Crippen molar-refractivity contribution in [2.75, 3.05) is 127 Å². The summed E-state index contributed by atoms with van der Waals surface area (Å²) in [6.07, 6.45) is 1.25. The van der Waals surface area contributed by atoms with Crippen molar-refractivity contribution in [2.24, 2.45) is 0 Å². The van der Waals surface area contributed by atoms with Crippen LogP contribution in [0.15, 0.2) is 54.6 Å². The Morgan fingerprint density at radius 2 is 0.898 bits per heavy atom. The standard InChI is InChI=1S/C14H21ClN2O.C14H21ClN2.C13H19ClN2.CHF3O3S/c1-12-13(15)4-3-5-14(12)17-8-6-16(7-9-17)10-11-18-2;1-3-7-16-8-10-17(11-9-16)14-6-4-5-13(15)12(14)2;1-3-15-7-9-16(10-8-15)13-6-4-5-12(14)11(13)2;2-1(3,4)8(5,6)7/h3-5H,6-11H2,1-2H3;4-6H,3,7-11H2,1-2H3;4-6H,3,7-10H2,1-2H3;(H,5,6,7). The van der Waals surface area contributed by atoms with Crippen LogP contribution in [-0.4, -0.2) is 145 Å². The minimum absolute atomic E-state index is 0.816. The molecule has 17 heteroatoms. The molecule has 0 unspecified atom stereocenters. The quantitative estimate of drug-likeness (QED) is 0.166. The molecular weight excluding hydrogens is 848 g/mol. The molecule has 0 aliphatic carbocycles. The molecule has 3 saturated heterocycles. The fourth-order valence-electron chi connectivity index (χ4n) is 7.08. The van der Waals surface area contributed by atoms with E-state index in [9.17, 15) is 13.2 Å². The van der Waals surface area contributed by atoms with Crippen molar-refractivity contribution in [3.05, 3.63) is 86.4 Å². The monoisotopic (exact) mass is 908 g/mol. The number of rotatable bonds is 9. The molecule has 3 fully saturated rings. The third kappa shape index (κ3) is 16.0. The lowest BCUT2D eigenvalue weighted by Crippen LogP contribution is -2.47. The zero-order chi connectivity index (χ0) is 43.8. The van der Waals surface area contributed by atoms with Crippen LogP contribution >= 0.6 is 34.8 Å². The van der Waals surface area contributed by atoms with Crippen LogP contribution < -0.4 is 14.7 Å². The lowest BCUT2D eigenvalue weighted by atomic mass is 10.1. The van der Waals surface area contributed by atoms with Crippen LogP contribution in [0.25, 0.3) is 0 Å². The zero-order valence-electron chi connectivity index (χ0n) is 35.2. The summed E-state index contributed by atoms with van der Waals surface area (Å²) >= 11 is 18.5. The largest absolute Gasteiger partial charge is 0.522 e. The summed E-state index contributed by atoms with van der Waals surface area (Å²) in [6, 6.07) is 18.5. The van der Waals surface area contributed by atoms with Crippen LogP contribution in [0.1, 0.15) is 37.0 Å². The first-order valence-corrected chi connectivity index (χ1v) is 22.7. The smallest absolute Gasteiger partial charge is 0.383 e. The fourth-order valence-corrected chi connectivity index (χ4v) is 7.59. The number of hydrogen-bond acceptors (Lipinski definition) is 9. The maximum absolute atomic E-state index is 10.7. The number of nitrogens with zero attached hydrogens (tertiary/aromatic N) is 6. The molecule has 10 nitrogen and oxygen atoms in total. The average molecular weight is 910 g/mol. The zero-order valence-corrected chi connectivity index (χ0v) is 38.3. The summed E-state index contributed by atoms with van der Waals surface area (Å²) < 4.78 is 62.7. The van der Waals surface area contributed by atoms with Gasteiger partial charge in [0.25, 0.3) is 0 Å². The van der Waals surface area contributed by atoms with Gasteiger partial charge in [-0.3, -0.25) is 14.4 Å². The fraction of sp³-hybridized carbons (Fsp3) is 0.571. The van der Waals surface area contributed by atoms with Crippen LogP contribution in [0.2, 0.25) is 15.1 Å². The van der Waals surface area contributed by atoms with Gasteiger partial charge in [-0.15, -0.1) is 0 Å². The number of hydrogen-bond donors (Lipinski definition) is 1. The van der Waals surface area contributed by atoms with Crippen molar-refractivity contribution in [1.82, 2.24) is 14.7 Å². The van der Waals surface area contributed by atoms with Gasteiger partial charge >= 0.3 is 15.6 Å². The van der Waals surface area contributed by atoms with E-state index in [0.717, 1.165) is 100 Å². The molecule has 3 heterocycles. The van der Waals surface area contributed by atoms with Crippen molar-refractivity contribution < 1.29 is 30.9 Å². The number of anilines is 3. The summed E-state index contributed by atoms with van der Waals surface area (Å²) in [7, 11) is -4.08. The summed E-state index contributed by atoms with van der Waals surface area (Å²) in [5.74, 6) is 0. The Kier molecular flexibility index (Phi) is 21.4. The molecule has 1 N–H and O–H groups in total. The van der Waals surface area contributed by atoms with Gasteiger partial charge < -0.3 is 24.3 Å². The van der Waals surface area contributed by atoms with E-state index in [4.69, 9.17) is 52.5 Å². The lowest BCUT2D eigenvalue weighted by molar-refractivity contribution is -0.0510. The van der Waals surface area contributed by atoms with Gasteiger partial charge in [0.15, 0.2) is 0 Å². The molecule has 0 radical (unpaired) electrons. The van der Waals surface area contributed by atoms with Gasteiger partial charge in [-0.05, 0) is 93.4 Å². The van der Waals surface area contributed by atoms with Crippen molar-refractivity contribution in [3.8, 4) is 0 Å². The highest BCUT2D eigenvalue weighted by Gasteiger charge is 2.44. The predicted molar refractivity (Wildman–Crippen MR) is 240 cm³/mol. The number of alkyl halides is 3. The number of likely N-dealkylation sites (N-methyl/N-ethyl adjacent to an activating group) is 1. The molecule has 3 aliphatic rings. The third-order valence-corrected chi connectivity index (χ3v) is 12.6. The van der Waals surface area contributed by atoms with E-state index >= 15 is 0 Å². The molecule has 3 aromatic carbocycles. The molecular formula is C42H62Cl3F3N6O4S. The van der Waals surface area contributed by atoms with E-state index in [-0.39, 0.29) is 0 Å². The van der Waals surface area contributed by atoms with Gasteiger partial charge in [-0.25, -0.2) is 0 Å². The van der Waals surface area contributed by atoms with Gasteiger partial charge in [0.1, 0.15) is 0 Å². The Labute approximate surface area is 365 Å². The Morgan fingerprint density at radius 1 is 0.593 bits per heavy atom. The first-order chi connectivity index (χ1) is 27.9. The Balaban J connectivity index is 0.000000217. The molecule has 0 spiro atoms. The Bertz CT molecular complexity index is 1820. The summed E-state index contributed by atoms with van der Waals surface area (Å²) in [5, 5.41) is 2.60. The molecule has 0 atom stereocenters. The van der Waals surface area contributed by atoms with Crippen LogP contribution in [0.3, 0.4) is 0 Å². The van der Waals surface area contributed by atoms with Crippen LogP contribution in [0, 0.1) is 20.8 Å². The SMILES string of the molecule is CCCN1CCN(c2cccc(Cl)c2C)CC1.CCN1CCN(c2cccc(Cl)c2C)CC1.COCCN1CCN(c2cccc(Cl)c2C)CC1.O=S(=O)(O)C(F)(F)F. The van der Waals surface area contributed by atoms with Gasteiger partial charge in [-0.1, -0.05) is 66.8 Å². The molecule has 332 valence electrons.